The summed E-state index contributed by atoms with van der Waals surface area (Å²) < 4.78 is 5.95. The van der Waals surface area contributed by atoms with Crippen molar-refractivity contribution in [1.82, 2.24) is 15.2 Å². The lowest BCUT2D eigenvalue weighted by Gasteiger charge is -2.27. The Kier molecular flexibility index (Phi) is 6.95. The van der Waals surface area contributed by atoms with Crippen molar-refractivity contribution in [3.8, 4) is 0 Å². The number of rotatable bonds is 3. The first-order valence-corrected chi connectivity index (χ1v) is 9.91. The Morgan fingerprint density at radius 1 is 1.18 bits per heavy atom. The fourth-order valence-corrected chi connectivity index (χ4v) is 3.30. The Hall–Kier alpha value is -2.07. The van der Waals surface area contributed by atoms with Gasteiger partial charge in [-0.1, -0.05) is 11.6 Å². The summed E-state index contributed by atoms with van der Waals surface area (Å²) in [4.78, 5) is 30.5. The predicted molar refractivity (Wildman–Crippen MR) is 114 cm³/mol. The van der Waals surface area contributed by atoms with Crippen molar-refractivity contribution in [1.29, 1.82) is 0 Å². The maximum absolute atomic E-state index is 12.6. The SMILES string of the molecule is O=C(NC(=S)Nc1cc(C(=O)N2CCOCC2)ccc1Cl)c1cncc(Br)c1. The number of thiocarbonyl (C=S) groups is 1. The minimum Gasteiger partial charge on any atom is -0.378 e. The molecule has 1 saturated heterocycles. The van der Waals surface area contributed by atoms with E-state index in [0.717, 1.165) is 0 Å². The molecule has 0 unspecified atom stereocenters. The summed E-state index contributed by atoms with van der Waals surface area (Å²) >= 11 is 14.7. The molecule has 0 atom stereocenters. The highest BCUT2D eigenvalue weighted by molar-refractivity contribution is 9.10. The van der Waals surface area contributed by atoms with Crippen molar-refractivity contribution in [3.05, 3.63) is 57.3 Å². The number of amides is 2. The van der Waals surface area contributed by atoms with Crippen LogP contribution in [0, 0.1) is 0 Å². The number of ether oxygens (including phenoxy) is 1. The molecule has 1 aromatic carbocycles. The van der Waals surface area contributed by atoms with E-state index in [1.165, 1.54) is 6.20 Å². The van der Waals surface area contributed by atoms with Gasteiger partial charge in [0, 0.05) is 35.5 Å². The second-order valence-corrected chi connectivity index (χ2v) is 7.63. The van der Waals surface area contributed by atoms with Gasteiger partial charge < -0.3 is 15.0 Å². The third-order valence-corrected chi connectivity index (χ3v) is 4.92. The van der Waals surface area contributed by atoms with Crippen molar-refractivity contribution in [2.24, 2.45) is 0 Å². The molecule has 2 aromatic rings. The lowest BCUT2D eigenvalue weighted by Crippen LogP contribution is -2.40. The lowest BCUT2D eigenvalue weighted by atomic mass is 10.1. The Morgan fingerprint density at radius 2 is 1.93 bits per heavy atom. The molecular weight excluding hydrogens is 468 g/mol. The van der Waals surface area contributed by atoms with E-state index in [4.69, 9.17) is 28.6 Å². The topological polar surface area (TPSA) is 83.6 Å². The second-order valence-electron chi connectivity index (χ2n) is 5.90. The Bertz CT molecular complexity index is 921. The first-order valence-electron chi connectivity index (χ1n) is 8.33. The number of benzene rings is 1. The summed E-state index contributed by atoms with van der Waals surface area (Å²) in [5.74, 6) is -0.527. The van der Waals surface area contributed by atoms with Gasteiger partial charge in [-0.3, -0.25) is 19.9 Å². The first kappa shape index (κ1) is 20.7. The van der Waals surface area contributed by atoms with E-state index in [-0.39, 0.29) is 11.0 Å². The van der Waals surface area contributed by atoms with Crippen LogP contribution < -0.4 is 10.6 Å². The van der Waals surface area contributed by atoms with Crippen LogP contribution in [0.1, 0.15) is 20.7 Å². The van der Waals surface area contributed by atoms with E-state index >= 15 is 0 Å². The number of carbonyl (C=O) groups excluding carboxylic acids is 2. The molecule has 1 aliphatic rings. The molecule has 28 heavy (non-hydrogen) atoms. The number of carbonyl (C=O) groups is 2. The van der Waals surface area contributed by atoms with E-state index in [0.29, 0.717) is 52.6 Å². The van der Waals surface area contributed by atoms with Crippen LogP contribution in [-0.2, 0) is 4.74 Å². The standard InChI is InChI=1S/C18H16BrClN4O3S/c19-13-7-12(9-21-10-13)16(25)23-18(28)22-15-8-11(1-2-14(15)20)17(26)24-3-5-27-6-4-24/h1-2,7-10H,3-6H2,(H2,22,23,25,28). The molecule has 0 spiro atoms. The Labute approximate surface area is 180 Å². The fraction of sp³-hybridized carbons (Fsp3) is 0.222. The van der Waals surface area contributed by atoms with Gasteiger partial charge in [-0.25, -0.2) is 0 Å². The zero-order valence-electron chi connectivity index (χ0n) is 14.6. The van der Waals surface area contributed by atoms with Gasteiger partial charge in [0.05, 0.1) is 29.5 Å². The van der Waals surface area contributed by atoms with E-state index in [2.05, 4.69) is 31.5 Å². The number of morpholine rings is 1. The molecule has 1 aromatic heterocycles. The summed E-state index contributed by atoms with van der Waals surface area (Å²) in [7, 11) is 0. The zero-order chi connectivity index (χ0) is 20.1. The third kappa shape index (κ3) is 5.26. The zero-order valence-corrected chi connectivity index (χ0v) is 17.7. The minimum atomic E-state index is -0.414. The fourth-order valence-electron chi connectivity index (χ4n) is 2.57. The Balaban J connectivity index is 1.68. The number of hydrogen-bond donors (Lipinski definition) is 2. The lowest BCUT2D eigenvalue weighted by molar-refractivity contribution is 0.0303. The van der Waals surface area contributed by atoms with Crippen LogP contribution in [0.15, 0.2) is 41.1 Å². The molecule has 10 heteroatoms. The minimum absolute atomic E-state index is 0.0582. The van der Waals surface area contributed by atoms with Crippen LogP contribution in [0.3, 0.4) is 0 Å². The number of hydrogen-bond acceptors (Lipinski definition) is 5. The maximum atomic E-state index is 12.6. The predicted octanol–water partition coefficient (Wildman–Crippen LogP) is 3.10. The van der Waals surface area contributed by atoms with Crippen molar-refractivity contribution in [2.45, 2.75) is 0 Å². The normalized spacial score (nSPS) is 13.7. The summed E-state index contributed by atoms with van der Waals surface area (Å²) in [6.45, 7) is 2.12. The quantitative estimate of drug-likeness (QED) is 0.653. The van der Waals surface area contributed by atoms with Gasteiger partial charge in [0.15, 0.2) is 5.11 Å². The molecule has 1 fully saturated rings. The van der Waals surface area contributed by atoms with Crippen molar-refractivity contribution >= 4 is 62.4 Å². The molecule has 2 N–H and O–H groups in total. The van der Waals surface area contributed by atoms with Gasteiger partial charge in [0.2, 0.25) is 0 Å². The highest BCUT2D eigenvalue weighted by Crippen LogP contribution is 2.24. The molecule has 2 amide bonds. The summed E-state index contributed by atoms with van der Waals surface area (Å²) in [5.41, 5.74) is 1.25. The van der Waals surface area contributed by atoms with Crippen LogP contribution in [0.2, 0.25) is 5.02 Å². The van der Waals surface area contributed by atoms with Gasteiger partial charge in [-0.05, 0) is 52.4 Å². The van der Waals surface area contributed by atoms with E-state index < -0.39 is 5.91 Å². The molecule has 0 radical (unpaired) electrons. The van der Waals surface area contributed by atoms with Gasteiger partial charge in [0.25, 0.3) is 11.8 Å². The summed E-state index contributed by atoms with van der Waals surface area (Å²) in [6, 6.07) is 6.50. The summed E-state index contributed by atoms with van der Waals surface area (Å²) in [5, 5.41) is 5.86. The molecular formula is C18H16BrClN4O3S. The maximum Gasteiger partial charge on any atom is 0.259 e. The summed E-state index contributed by atoms with van der Waals surface area (Å²) in [6.07, 6.45) is 3.00. The molecule has 0 bridgehead atoms. The number of nitrogens with one attached hydrogen (secondary N) is 2. The number of halogens is 2. The van der Waals surface area contributed by atoms with E-state index in [1.807, 2.05) is 0 Å². The molecule has 146 valence electrons. The largest absolute Gasteiger partial charge is 0.378 e. The number of anilines is 1. The van der Waals surface area contributed by atoms with Crippen molar-refractivity contribution < 1.29 is 14.3 Å². The number of aromatic nitrogens is 1. The molecule has 2 heterocycles. The monoisotopic (exact) mass is 482 g/mol. The highest BCUT2D eigenvalue weighted by atomic mass is 79.9. The molecule has 3 rings (SSSR count). The molecule has 1 aliphatic heterocycles. The van der Waals surface area contributed by atoms with E-state index in [9.17, 15) is 9.59 Å². The first-order chi connectivity index (χ1) is 13.4. The smallest absolute Gasteiger partial charge is 0.259 e. The van der Waals surface area contributed by atoms with Crippen LogP contribution in [0.4, 0.5) is 5.69 Å². The van der Waals surface area contributed by atoms with Gasteiger partial charge in [-0.2, -0.15) is 0 Å². The molecule has 0 aliphatic carbocycles. The highest BCUT2D eigenvalue weighted by Gasteiger charge is 2.19. The van der Waals surface area contributed by atoms with Crippen molar-refractivity contribution in [3.63, 3.8) is 0 Å². The molecule has 0 saturated carbocycles. The van der Waals surface area contributed by atoms with Crippen LogP contribution in [0.5, 0.6) is 0 Å². The second kappa shape index (κ2) is 9.42. The van der Waals surface area contributed by atoms with Crippen LogP contribution >= 0.6 is 39.7 Å². The molecule has 7 nitrogen and oxygen atoms in total. The van der Waals surface area contributed by atoms with Crippen molar-refractivity contribution in [2.75, 3.05) is 31.6 Å². The third-order valence-electron chi connectivity index (χ3n) is 3.95. The average molecular weight is 484 g/mol. The number of pyridine rings is 1. The van der Waals surface area contributed by atoms with Gasteiger partial charge in [0.1, 0.15) is 0 Å². The van der Waals surface area contributed by atoms with Gasteiger partial charge >= 0.3 is 0 Å². The van der Waals surface area contributed by atoms with Crippen LogP contribution in [-0.4, -0.2) is 53.1 Å². The average Bonchev–Trinajstić information content (AvgIpc) is 2.69. The Morgan fingerprint density at radius 3 is 2.64 bits per heavy atom. The van der Waals surface area contributed by atoms with E-state index in [1.54, 1.807) is 35.4 Å². The van der Waals surface area contributed by atoms with Gasteiger partial charge in [-0.15, -0.1) is 0 Å². The number of nitrogens with zero attached hydrogens (tertiary/aromatic N) is 2. The van der Waals surface area contributed by atoms with Crippen LogP contribution in [0.25, 0.3) is 0 Å².